The van der Waals surface area contributed by atoms with Gasteiger partial charge in [0.2, 0.25) is 0 Å². The smallest absolute Gasteiger partial charge is 0.323 e. The Kier molecular flexibility index (Phi) is 3.40. The van der Waals surface area contributed by atoms with Crippen LogP contribution >= 0.6 is 22.6 Å². The molecular weight excluding hydrogens is 305 g/mol. The number of anilines is 1. The molecule has 1 aromatic rings. The lowest BCUT2D eigenvalue weighted by atomic mass is 10.4. The molecule has 0 saturated carbocycles. The number of hydrogen-bond acceptors (Lipinski definition) is 2. The van der Waals surface area contributed by atoms with Crippen LogP contribution in [0.2, 0.25) is 0 Å². The van der Waals surface area contributed by atoms with E-state index >= 15 is 0 Å². The number of carbonyl (C=O) groups is 1. The average Bonchev–Trinajstić information content (AvgIpc) is 2.74. The molecule has 2 amide bonds. The maximum absolute atomic E-state index is 11.7. The van der Waals surface area contributed by atoms with E-state index in [2.05, 4.69) is 32.9 Å². The SMILES string of the molecule is O=C(Nc1ccc(I)cn1)N1CCCC1. The van der Waals surface area contributed by atoms with Crippen molar-refractivity contribution in [3.05, 3.63) is 21.9 Å². The van der Waals surface area contributed by atoms with Crippen molar-refractivity contribution in [3.8, 4) is 0 Å². The van der Waals surface area contributed by atoms with Crippen molar-refractivity contribution in [1.82, 2.24) is 9.88 Å². The molecule has 5 heteroatoms. The molecule has 0 unspecified atom stereocenters. The normalized spacial score (nSPS) is 15.4. The van der Waals surface area contributed by atoms with Gasteiger partial charge in [-0.3, -0.25) is 5.32 Å². The van der Waals surface area contributed by atoms with Crippen LogP contribution in [0.3, 0.4) is 0 Å². The van der Waals surface area contributed by atoms with E-state index in [0.717, 1.165) is 29.5 Å². The Morgan fingerprint density at radius 3 is 2.73 bits per heavy atom. The maximum Gasteiger partial charge on any atom is 0.323 e. The summed E-state index contributed by atoms with van der Waals surface area (Å²) in [6, 6.07) is 3.70. The molecule has 0 spiro atoms. The second kappa shape index (κ2) is 4.78. The summed E-state index contributed by atoms with van der Waals surface area (Å²) >= 11 is 2.18. The number of halogens is 1. The Labute approximate surface area is 102 Å². The highest BCUT2D eigenvalue weighted by Crippen LogP contribution is 2.11. The molecule has 0 bridgehead atoms. The van der Waals surface area contributed by atoms with Crippen molar-refractivity contribution in [2.24, 2.45) is 0 Å². The van der Waals surface area contributed by atoms with E-state index in [1.165, 1.54) is 0 Å². The van der Waals surface area contributed by atoms with E-state index in [1.807, 2.05) is 17.0 Å². The summed E-state index contributed by atoms with van der Waals surface area (Å²) in [4.78, 5) is 17.6. The number of likely N-dealkylation sites (tertiary alicyclic amines) is 1. The van der Waals surface area contributed by atoms with Crippen molar-refractivity contribution in [2.45, 2.75) is 12.8 Å². The summed E-state index contributed by atoms with van der Waals surface area (Å²) in [7, 11) is 0. The molecule has 1 N–H and O–H groups in total. The van der Waals surface area contributed by atoms with Gasteiger partial charge in [0, 0.05) is 22.9 Å². The van der Waals surface area contributed by atoms with Crippen molar-refractivity contribution < 1.29 is 4.79 Å². The van der Waals surface area contributed by atoms with E-state index < -0.39 is 0 Å². The number of nitrogens with one attached hydrogen (secondary N) is 1. The van der Waals surface area contributed by atoms with Gasteiger partial charge >= 0.3 is 6.03 Å². The number of aromatic nitrogens is 1. The lowest BCUT2D eigenvalue weighted by Crippen LogP contribution is -2.32. The molecule has 1 aromatic heterocycles. The Bertz CT molecular complexity index is 346. The first-order chi connectivity index (χ1) is 7.25. The van der Waals surface area contributed by atoms with Crippen molar-refractivity contribution in [2.75, 3.05) is 18.4 Å². The molecule has 2 rings (SSSR count). The average molecular weight is 317 g/mol. The predicted octanol–water partition coefficient (Wildman–Crippen LogP) is 2.31. The molecule has 0 aromatic carbocycles. The summed E-state index contributed by atoms with van der Waals surface area (Å²) in [5.41, 5.74) is 0. The molecule has 80 valence electrons. The van der Waals surface area contributed by atoms with E-state index in [9.17, 15) is 4.79 Å². The van der Waals surface area contributed by atoms with Gasteiger partial charge in [0.25, 0.3) is 0 Å². The summed E-state index contributed by atoms with van der Waals surface area (Å²) in [6.07, 6.45) is 3.95. The quantitative estimate of drug-likeness (QED) is 0.808. The maximum atomic E-state index is 11.7. The van der Waals surface area contributed by atoms with Crippen molar-refractivity contribution in [1.29, 1.82) is 0 Å². The summed E-state index contributed by atoms with van der Waals surface area (Å²) in [6.45, 7) is 1.71. The topological polar surface area (TPSA) is 45.2 Å². The first-order valence-electron chi connectivity index (χ1n) is 4.93. The minimum absolute atomic E-state index is 0.0405. The molecule has 1 saturated heterocycles. The number of rotatable bonds is 1. The molecule has 0 radical (unpaired) electrons. The van der Waals surface area contributed by atoms with Gasteiger partial charge in [0.15, 0.2) is 0 Å². The lowest BCUT2D eigenvalue weighted by Gasteiger charge is -2.15. The number of urea groups is 1. The van der Waals surface area contributed by atoms with Gasteiger partial charge in [-0.15, -0.1) is 0 Å². The van der Waals surface area contributed by atoms with Gasteiger partial charge in [-0.05, 0) is 47.6 Å². The van der Waals surface area contributed by atoms with Gasteiger partial charge in [-0.25, -0.2) is 9.78 Å². The monoisotopic (exact) mass is 317 g/mol. The Morgan fingerprint density at radius 1 is 1.40 bits per heavy atom. The zero-order valence-electron chi connectivity index (χ0n) is 8.24. The van der Waals surface area contributed by atoms with Gasteiger partial charge in [0.1, 0.15) is 5.82 Å². The van der Waals surface area contributed by atoms with Crippen LogP contribution in [0, 0.1) is 3.57 Å². The highest BCUT2D eigenvalue weighted by Gasteiger charge is 2.17. The molecule has 1 aliphatic heterocycles. The second-order valence-electron chi connectivity index (χ2n) is 3.49. The fourth-order valence-electron chi connectivity index (χ4n) is 1.56. The molecule has 1 aliphatic rings. The first-order valence-corrected chi connectivity index (χ1v) is 6.01. The molecule has 4 nitrogen and oxygen atoms in total. The number of hydrogen-bond donors (Lipinski definition) is 1. The van der Waals surface area contributed by atoms with Gasteiger partial charge in [-0.2, -0.15) is 0 Å². The van der Waals surface area contributed by atoms with Crippen LogP contribution in [0.15, 0.2) is 18.3 Å². The number of pyridine rings is 1. The van der Waals surface area contributed by atoms with Gasteiger partial charge in [-0.1, -0.05) is 0 Å². The zero-order chi connectivity index (χ0) is 10.7. The van der Waals surface area contributed by atoms with Crippen LogP contribution in [-0.4, -0.2) is 29.0 Å². The van der Waals surface area contributed by atoms with E-state index in [0.29, 0.717) is 5.82 Å². The van der Waals surface area contributed by atoms with E-state index in [1.54, 1.807) is 6.20 Å². The van der Waals surface area contributed by atoms with Crippen molar-refractivity contribution in [3.63, 3.8) is 0 Å². The third-order valence-electron chi connectivity index (χ3n) is 2.36. The highest BCUT2D eigenvalue weighted by molar-refractivity contribution is 14.1. The second-order valence-corrected chi connectivity index (χ2v) is 4.73. The molecule has 0 aliphatic carbocycles. The zero-order valence-corrected chi connectivity index (χ0v) is 10.4. The van der Waals surface area contributed by atoms with Crippen LogP contribution in [-0.2, 0) is 0 Å². The van der Waals surface area contributed by atoms with Crippen LogP contribution in [0.5, 0.6) is 0 Å². The number of amides is 2. The Morgan fingerprint density at radius 2 is 2.13 bits per heavy atom. The highest BCUT2D eigenvalue weighted by atomic mass is 127. The Hall–Kier alpha value is -0.850. The fraction of sp³-hybridized carbons (Fsp3) is 0.400. The minimum Gasteiger partial charge on any atom is -0.324 e. The number of nitrogens with zero attached hydrogens (tertiary/aromatic N) is 2. The lowest BCUT2D eigenvalue weighted by molar-refractivity contribution is 0.222. The first kappa shape index (κ1) is 10.7. The molecule has 1 fully saturated rings. The van der Waals surface area contributed by atoms with Crippen LogP contribution in [0.1, 0.15) is 12.8 Å². The summed E-state index contributed by atoms with van der Waals surface area (Å²) in [5.74, 6) is 0.618. The predicted molar refractivity (Wildman–Crippen MR) is 66.8 cm³/mol. The minimum atomic E-state index is -0.0405. The number of carbonyl (C=O) groups excluding carboxylic acids is 1. The molecule has 2 heterocycles. The fourth-order valence-corrected chi connectivity index (χ4v) is 1.88. The standard InChI is InChI=1S/C10H12IN3O/c11-8-3-4-9(12-7-8)13-10(15)14-5-1-2-6-14/h3-4,7H,1-2,5-6H2,(H,12,13,15). The van der Waals surface area contributed by atoms with Gasteiger partial charge in [0.05, 0.1) is 0 Å². The third-order valence-corrected chi connectivity index (χ3v) is 2.99. The largest absolute Gasteiger partial charge is 0.324 e. The van der Waals surface area contributed by atoms with E-state index in [4.69, 9.17) is 0 Å². The van der Waals surface area contributed by atoms with E-state index in [-0.39, 0.29) is 6.03 Å². The van der Waals surface area contributed by atoms with Crippen LogP contribution < -0.4 is 5.32 Å². The third kappa shape index (κ3) is 2.80. The molecule has 15 heavy (non-hydrogen) atoms. The van der Waals surface area contributed by atoms with Crippen molar-refractivity contribution >= 4 is 34.4 Å². The summed E-state index contributed by atoms with van der Waals surface area (Å²) < 4.78 is 1.06. The molecule has 0 atom stereocenters. The Balaban J connectivity index is 1.96. The van der Waals surface area contributed by atoms with Crippen LogP contribution in [0.4, 0.5) is 10.6 Å². The van der Waals surface area contributed by atoms with Crippen LogP contribution in [0.25, 0.3) is 0 Å². The molecular formula is C10H12IN3O. The summed E-state index contributed by atoms with van der Waals surface area (Å²) in [5, 5.41) is 2.78. The van der Waals surface area contributed by atoms with Gasteiger partial charge < -0.3 is 4.90 Å².